The summed E-state index contributed by atoms with van der Waals surface area (Å²) in [5.74, 6) is 0.269. The zero-order valence-corrected chi connectivity index (χ0v) is 18.8. The van der Waals surface area contributed by atoms with Gasteiger partial charge in [-0.05, 0) is 45.9 Å². The molecule has 0 saturated carbocycles. The number of fused-ring (bicyclic) bond motifs is 1. The van der Waals surface area contributed by atoms with Crippen molar-refractivity contribution in [3.8, 4) is 0 Å². The number of carbonyl (C=O) groups is 1. The predicted octanol–water partition coefficient (Wildman–Crippen LogP) is 6.29. The molecule has 4 rings (SSSR count). The van der Waals surface area contributed by atoms with Crippen molar-refractivity contribution < 1.29 is 18.0 Å². The number of Topliss-reactive ketones (excluding diaryl/α,β-unsaturated/α-hetero) is 1. The van der Waals surface area contributed by atoms with E-state index in [1.165, 1.54) is 12.1 Å². The Kier molecular flexibility index (Phi) is 6.40. The molecule has 1 aromatic heterocycles. The van der Waals surface area contributed by atoms with E-state index in [1.807, 2.05) is 30.3 Å². The van der Waals surface area contributed by atoms with Crippen LogP contribution < -0.4 is 5.32 Å². The van der Waals surface area contributed by atoms with Gasteiger partial charge in [-0.1, -0.05) is 60.7 Å². The van der Waals surface area contributed by atoms with Crippen LogP contribution in [-0.2, 0) is 19.1 Å². The molecule has 0 aliphatic heterocycles. The largest absolute Gasteiger partial charge is 0.416 e. The van der Waals surface area contributed by atoms with Crippen molar-refractivity contribution in [2.75, 3.05) is 5.32 Å². The first kappa shape index (κ1) is 22.2. The van der Waals surface area contributed by atoms with E-state index < -0.39 is 11.7 Å². The Balaban J connectivity index is 1.61. The minimum absolute atomic E-state index is 0.127. The zero-order chi connectivity index (χ0) is 22.7. The Bertz CT molecular complexity index is 1280. The summed E-state index contributed by atoms with van der Waals surface area (Å²) in [5, 5.41) is 13.2. The van der Waals surface area contributed by atoms with Crippen LogP contribution in [0.5, 0.6) is 0 Å². The lowest BCUT2D eigenvalue weighted by molar-refractivity contribution is -0.137. The monoisotopic (exact) mass is 547 g/mol. The van der Waals surface area contributed by atoms with Crippen LogP contribution in [0.1, 0.15) is 27.0 Å². The van der Waals surface area contributed by atoms with Gasteiger partial charge in [-0.2, -0.15) is 13.2 Å². The van der Waals surface area contributed by atoms with Crippen molar-refractivity contribution in [2.45, 2.75) is 19.1 Å². The van der Waals surface area contributed by atoms with E-state index in [1.54, 1.807) is 18.2 Å². The first-order chi connectivity index (χ1) is 15.3. The van der Waals surface area contributed by atoms with Gasteiger partial charge >= 0.3 is 6.18 Å². The Morgan fingerprint density at radius 2 is 1.62 bits per heavy atom. The van der Waals surface area contributed by atoms with Crippen LogP contribution >= 0.6 is 22.6 Å². The second-order valence-corrected chi connectivity index (χ2v) is 8.26. The molecule has 8 heteroatoms. The van der Waals surface area contributed by atoms with Gasteiger partial charge in [0.25, 0.3) is 0 Å². The Hall–Kier alpha value is -3.01. The van der Waals surface area contributed by atoms with Crippen LogP contribution in [0.2, 0.25) is 0 Å². The fourth-order valence-electron chi connectivity index (χ4n) is 3.35. The molecule has 0 bridgehead atoms. The molecule has 162 valence electrons. The van der Waals surface area contributed by atoms with E-state index in [9.17, 15) is 18.0 Å². The number of rotatable bonds is 6. The van der Waals surface area contributed by atoms with E-state index in [4.69, 9.17) is 0 Å². The molecule has 3 aromatic carbocycles. The van der Waals surface area contributed by atoms with Crippen molar-refractivity contribution in [3.63, 3.8) is 0 Å². The molecular formula is C24H17F3IN3O. The average molecular weight is 547 g/mol. The van der Waals surface area contributed by atoms with Gasteiger partial charge in [0.2, 0.25) is 0 Å². The molecule has 0 unspecified atom stereocenters. The lowest BCUT2D eigenvalue weighted by Gasteiger charge is -2.11. The van der Waals surface area contributed by atoms with Gasteiger partial charge < -0.3 is 5.32 Å². The summed E-state index contributed by atoms with van der Waals surface area (Å²) in [6, 6.07) is 19.8. The first-order valence-electron chi connectivity index (χ1n) is 9.74. The maximum absolute atomic E-state index is 13.0. The molecule has 0 saturated heterocycles. The molecule has 0 atom stereocenters. The number of ketones is 1. The second kappa shape index (κ2) is 9.23. The molecule has 1 heterocycles. The minimum atomic E-state index is -4.45. The highest BCUT2D eigenvalue weighted by Gasteiger charge is 2.30. The maximum atomic E-state index is 13.0. The fraction of sp³-hybridized carbons (Fsp3) is 0.125. The SMILES string of the molecule is O=C(Cc1cccc(C(F)(F)F)c1)c1ccc2c(I)nnc(NCc3ccccc3)c2c1. The number of hydrogen-bond donors (Lipinski definition) is 1. The van der Waals surface area contributed by atoms with E-state index in [0.29, 0.717) is 27.2 Å². The Labute approximate surface area is 196 Å². The first-order valence-corrected chi connectivity index (χ1v) is 10.8. The normalized spacial score (nSPS) is 11.5. The lowest BCUT2D eigenvalue weighted by atomic mass is 9.99. The number of anilines is 1. The number of alkyl halides is 3. The smallest absolute Gasteiger partial charge is 0.364 e. The third kappa shape index (κ3) is 5.07. The molecule has 1 N–H and O–H groups in total. The van der Waals surface area contributed by atoms with Gasteiger partial charge in [-0.25, -0.2) is 0 Å². The highest BCUT2D eigenvalue weighted by atomic mass is 127. The molecule has 0 radical (unpaired) electrons. The third-order valence-electron chi connectivity index (χ3n) is 4.98. The van der Waals surface area contributed by atoms with Gasteiger partial charge in [-0.15, -0.1) is 10.2 Å². The van der Waals surface area contributed by atoms with Crippen LogP contribution in [0.15, 0.2) is 72.8 Å². The van der Waals surface area contributed by atoms with Gasteiger partial charge in [0, 0.05) is 29.3 Å². The van der Waals surface area contributed by atoms with E-state index in [2.05, 4.69) is 38.1 Å². The molecule has 0 amide bonds. The van der Waals surface area contributed by atoms with Gasteiger partial charge in [0.1, 0.15) is 3.70 Å². The van der Waals surface area contributed by atoms with Crippen molar-refractivity contribution >= 4 is 45.0 Å². The molecule has 32 heavy (non-hydrogen) atoms. The van der Waals surface area contributed by atoms with Gasteiger partial charge in [-0.3, -0.25) is 4.79 Å². The molecule has 0 spiro atoms. The molecule has 4 aromatic rings. The van der Waals surface area contributed by atoms with Crippen molar-refractivity contribution in [3.05, 3.63) is 98.8 Å². The second-order valence-electron chi connectivity index (χ2n) is 7.24. The van der Waals surface area contributed by atoms with E-state index in [0.717, 1.165) is 28.5 Å². The summed E-state index contributed by atoms with van der Waals surface area (Å²) < 4.78 is 39.6. The van der Waals surface area contributed by atoms with Gasteiger partial charge in [0.15, 0.2) is 11.6 Å². The van der Waals surface area contributed by atoms with Crippen LogP contribution in [-0.4, -0.2) is 16.0 Å². The van der Waals surface area contributed by atoms with Crippen LogP contribution in [0.3, 0.4) is 0 Å². The number of nitrogens with one attached hydrogen (secondary N) is 1. The Morgan fingerprint density at radius 1 is 0.875 bits per heavy atom. The van der Waals surface area contributed by atoms with Crippen LogP contribution in [0.25, 0.3) is 10.8 Å². The summed E-state index contributed by atoms with van der Waals surface area (Å²) in [6.07, 6.45) is -4.57. The standard InChI is InChI=1S/C24H17F3IN3O/c25-24(26,27)18-8-4-7-16(11-18)12-21(32)17-9-10-19-20(13-17)23(31-30-22(19)28)29-14-15-5-2-1-3-6-15/h1-11,13H,12,14H2,(H,29,31). The molecule has 0 fully saturated rings. The number of aromatic nitrogens is 2. The number of nitrogens with zero attached hydrogens (tertiary/aromatic N) is 2. The average Bonchev–Trinajstić information content (AvgIpc) is 2.79. The molecule has 0 aliphatic rings. The highest BCUT2D eigenvalue weighted by Crippen LogP contribution is 2.30. The Morgan fingerprint density at radius 3 is 2.38 bits per heavy atom. The summed E-state index contributed by atoms with van der Waals surface area (Å²) in [4.78, 5) is 12.9. The fourth-order valence-corrected chi connectivity index (χ4v) is 3.93. The zero-order valence-electron chi connectivity index (χ0n) is 16.7. The molecular weight excluding hydrogens is 530 g/mol. The van der Waals surface area contributed by atoms with Crippen molar-refractivity contribution in [1.29, 1.82) is 0 Å². The number of halogens is 4. The summed E-state index contributed by atoms with van der Waals surface area (Å²) >= 11 is 2.08. The van der Waals surface area contributed by atoms with E-state index in [-0.39, 0.29) is 12.2 Å². The van der Waals surface area contributed by atoms with E-state index >= 15 is 0 Å². The predicted molar refractivity (Wildman–Crippen MR) is 126 cm³/mol. The van der Waals surface area contributed by atoms with Crippen molar-refractivity contribution in [2.24, 2.45) is 0 Å². The number of benzene rings is 3. The van der Waals surface area contributed by atoms with Crippen LogP contribution in [0, 0.1) is 3.70 Å². The van der Waals surface area contributed by atoms with Crippen LogP contribution in [0.4, 0.5) is 19.0 Å². The lowest BCUT2D eigenvalue weighted by Crippen LogP contribution is -2.08. The topological polar surface area (TPSA) is 54.9 Å². The third-order valence-corrected chi connectivity index (χ3v) is 5.78. The highest BCUT2D eigenvalue weighted by molar-refractivity contribution is 14.1. The molecule has 4 nitrogen and oxygen atoms in total. The molecule has 0 aliphatic carbocycles. The number of hydrogen-bond acceptors (Lipinski definition) is 4. The number of carbonyl (C=O) groups excluding carboxylic acids is 1. The summed E-state index contributed by atoms with van der Waals surface area (Å²) in [5.41, 5.74) is 1.02. The van der Waals surface area contributed by atoms with Gasteiger partial charge in [0.05, 0.1) is 5.56 Å². The van der Waals surface area contributed by atoms with Crippen molar-refractivity contribution in [1.82, 2.24) is 10.2 Å². The quantitative estimate of drug-likeness (QED) is 0.228. The minimum Gasteiger partial charge on any atom is -0.364 e. The summed E-state index contributed by atoms with van der Waals surface area (Å²) in [7, 11) is 0. The summed E-state index contributed by atoms with van der Waals surface area (Å²) in [6.45, 7) is 0.535. The maximum Gasteiger partial charge on any atom is 0.416 e.